The fourth-order valence-electron chi connectivity index (χ4n) is 2.07. The summed E-state index contributed by atoms with van der Waals surface area (Å²) in [6.07, 6.45) is 1.87. The fraction of sp³-hybridized carbons (Fsp3) is 0.118. The second kappa shape index (κ2) is 5.57. The third kappa shape index (κ3) is 2.64. The van der Waals surface area contributed by atoms with Gasteiger partial charge in [-0.3, -0.25) is 0 Å². The molecule has 3 aromatic rings. The number of benzene rings is 2. The summed E-state index contributed by atoms with van der Waals surface area (Å²) < 4.78 is 0. The van der Waals surface area contributed by atoms with Gasteiger partial charge in [-0.2, -0.15) is 0 Å². The molecule has 0 aliphatic carbocycles. The van der Waals surface area contributed by atoms with E-state index in [0.717, 1.165) is 15.4 Å². The molecule has 0 saturated heterocycles. The van der Waals surface area contributed by atoms with E-state index in [0.29, 0.717) is 0 Å². The van der Waals surface area contributed by atoms with Crippen LogP contribution < -0.4 is 5.73 Å². The minimum Gasteiger partial charge on any atom is -0.323 e. The van der Waals surface area contributed by atoms with Crippen LogP contribution in [0.15, 0.2) is 60.8 Å². The topological polar surface area (TPSA) is 38.9 Å². The minimum atomic E-state index is 0.0461. The quantitative estimate of drug-likeness (QED) is 0.767. The molecule has 1 aromatic heterocycles. The van der Waals surface area contributed by atoms with Crippen molar-refractivity contribution in [3.63, 3.8) is 0 Å². The van der Waals surface area contributed by atoms with Crippen LogP contribution in [0.4, 0.5) is 0 Å². The van der Waals surface area contributed by atoms with Gasteiger partial charge in [0.2, 0.25) is 0 Å². The van der Waals surface area contributed by atoms with Crippen molar-refractivity contribution in [2.24, 2.45) is 5.73 Å². The number of hydrogen-bond donors (Lipinski definition) is 1. The number of nitrogens with zero attached hydrogens (tertiary/aromatic N) is 1. The van der Waals surface area contributed by atoms with Crippen LogP contribution in [-0.2, 0) is 0 Å². The van der Waals surface area contributed by atoms with Gasteiger partial charge in [-0.05, 0) is 18.1 Å². The first-order valence-corrected chi connectivity index (χ1v) is 7.43. The van der Waals surface area contributed by atoms with E-state index in [1.54, 1.807) is 11.3 Å². The van der Waals surface area contributed by atoms with Crippen molar-refractivity contribution in [2.45, 2.75) is 13.0 Å². The Morgan fingerprint density at radius 3 is 2.10 bits per heavy atom. The van der Waals surface area contributed by atoms with Gasteiger partial charge in [-0.25, -0.2) is 4.98 Å². The lowest BCUT2D eigenvalue weighted by atomic mass is 10.0. The third-order valence-electron chi connectivity index (χ3n) is 3.21. The van der Waals surface area contributed by atoms with Crippen LogP contribution in [0.2, 0.25) is 0 Å². The highest BCUT2D eigenvalue weighted by Gasteiger charge is 2.07. The van der Waals surface area contributed by atoms with Gasteiger partial charge in [0.25, 0.3) is 0 Å². The van der Waals surface area contributed by atoms with Gasteiger partial charge in [0.1, 0.15) is 5.01 Å². The fourth-order valence-corrected chi connectivity index (χ4v) is 2.94. The standard InChI is InChI=1S/C17H16N2S/c1-12(18)16-11-19-17(20-16)15-9-7-14(8-10-15)13-5-3-2-4-6-13/h2-12H,18H2,1H3. The number of rotatable bonds is 3. The van der Waals surface area contributed by atoms with Crippen LogP contribution in [-0.4, -0.2) is 4.98 Å². The Balaban J connectivity index is 1.89. The van der Waals surface area contributed by atoms with E-state index in [2.05, 4.69) is 53.5 Å². The van der Waals surface area contributed by atoms with E-state index >= 15 is 0 Å². The van der Waals surface area contributed by atoms with Crippen molar-refractivity contribution < 1.29 is 0 Å². The molecule has 0 bridgehead atoms. The lowest BCUT2D eigenvalue weighted by molar-refractivity contribution is 0.835. The van der Waals surface area contributed by atoms with Crippen LogP contribution in [0.25, 0.3) is 21.7 Å². The second-order valence-corrected chi connectivity index (χ2v) is 5.86. The summed E-state index contributed by atoms with van der Waals surface area (Å²) >= 11 is 1.66. The first-order valence-electron chi connectivity index (χ1n) is 6.61. The normalized spacial score (nSPS) is 12.3. The van der Waals surface area contributed by atoms with E-state index < -0.39 is 0 Å². The van der Waals surface area contributed by atoms with Crippen molar-refractivity contribution in [3.8, 4) is 21.7 Å². The zero-order chi connectivity index (χ0) is 13.9. The maximum Gasteiger partial charge on any atom is 0.123 e. The van der Waals surface area contributed by atoms with Crippen molar-refractivity contribution in [1.82, 2.24) is 4.98 Å². The maximum atomic E-state index is 5.88. The number of thiazole rings is 1. The first kappa shape index (κ1) is 13.0. The number of aromatic nitrogens is 1. The summed E-state index contributed by atoms with van der Waals surface area (Å²) in [5, 5.41) is 1.02. The molecule has 0 spiro atoms. The zero-order valence-corrected chi connectivity index (χ0v) is 12.1. The third-order valence-corrected chi connectivity index (χ3v) is 4.46. The predicted octanol–water partition coefficient (Wildman–Crippen LogP) is 4.50. The highest BCUT2D eigenvalue weighted by atomic mass is 32.1. The zero-order valence-electron chi connectivity index (χ0n) is 11.3. The average Bonchev–Trinajstić information content (AvgIpc) is 2.98. The molecule has 100 valence electrons. The van der Waals surface area contributed by atoms with Gasteiger partial charge >= 0.3 is 0 Å². The van der Waals surface area contributed by atoms with Gasteiger partial charge in [0.05, 0.1) is 0 Å². The summed E-state index contributed by atoms with van der Waals surface area (Å²) in [5.74, 6) is 0. The molecule has 1 atom stereocenters. The largest absolute Gasteiger partial charge is 0.323 e. The van der Waals surface area contributed by atoms with Crippen LogP contribution in [0, 0.1) is 0 Å². The Kier molecular flexibility index (Phi) is 3.63. The summed E-state index contributed by atoms with van der Waals surface area (Å²) in [6, 6.07) is 18.9. The molecule has 2 aromatic carbocycles. The van der Waals surface area contributed by atoms with E-state index in [1.165, 1.54) is 11.1 Å². The highest BCUT2D eigenvalue weighted by Crippen LogP contribution is 2.29. The van der Waals surface area contributed by atoms with Gasteiger partial charge in [0.15, 0.2) is 0 Å². The van der Waals surface area contributed by atoms with E-state index in [1.807, 2.05) is 19.2 Å². The smallest absolute Gasteiger partial charge is 0.123 e. The molecule has 2 nitrogen and oxygen atoms in total. The molecule has 1 unspecified atom stereocenters. The molecular weight excluding hydrogens is 264 g/mol. The van der Waals surface area contributed by atoms with Crippen LogP contribution in [0.5, 0.6) is 0 Å². The lowest BCUT2D eigenvalue weighted by Crippen LogP contribution is -2.01. The monoisotopic (exact) mass is 280 g/mol. The van der Waals surface area contributed by atoms with E-state index in [4.69, 9.17) is 5.73 Å². The lowest BCUT2D eigenvalue weighted by Gasteiger charge is -2.02. The van der Waals surface area contributed by atoms with Gasteiger partial charge in [-0.15, -0.1) is 11.3 Å². The Bertz CT molecular complexity index is 685. The summed E-state index contributed by atoms with van der Waals surface area (Å²) in [4.78, 5) is 5.57. The van der Waals surface area contributed by atoms with E-state index in [9.17, 15) is 0 Å². The van der Waals surface area contributed by atoms with Crippen molar-refractivity contribution in [1.29, 1.82) is 0 Å². The Morgan fingerprint density at radius 2 is 1.50 bits per heavy atom. The van der Waals surface area contributed by atoms with E-state index in [-0.39, 0.29) is 6.04 Å². The summed E-state index contributed by atoms with van der Waals surface area (Å²) in [7, 11) is 0. The van der Waals surface area contributed by atoms with Crippen LogP contribution in [0.1, 0.15) is 17.8 Å². The molecule has 0 aliphatic heterocycles. The van der Waals surface area contributed by atoms with Crippen LogP contribution >= 0.6 is 11.3 Å². The van der Waals surface area contributed by atoms with Gasteiger partial charge in [-0.1, -0.05) is 54.6 Å². The molecule has 0 radical (unpaired) electrons. The summed E-state index contributed by atoms with van der Waals surface area (Å²) in [5.41, 5.74) is 9.47. The second-order valence-electron chi connectivity index (χ2n) is 4.80. The van der Waals surface area contributed by atoms with Crippen molar-refractivity contribution >= 4 is 11.3 Å². The molecule has 0 saturated carbocycles. The number of hydrogen-bond acceptors (Lipinski definition) is 3. The molecular formula is C17H16N2S. The molecule has 20 heavy (non-hydrogen) atoms. The number of nitrogens with two attached hydrogens (primary N) is 1. The molecule has 3 rings (SSSR count). The van der Waals surface area contributed by atoms with Gasteiger partial charge < -0.3 is 5.73 Å². The van der Waals surface area contributed by atoms with Crippen molar-refractivity contribution in [2.75, 3.05) is 0 Å². The van der Waals surface area contributed by atoms with Crippen molar-refractivity contribution in [3.05, 3.63) is 65.7 Å². The molecule has 1 heterocycles. The summed E-state index contributed by atoms with van der Waals surface area (Å²) in [6.45, 7) is 1.98. The average molecular weight is 280 g/mol. The molecule has 0 fully saturated rings. The Labute approximate surface area is 122 Å². The predicted molar refractivity (Wildman–Crippen MR) is 85.6 cm³/mol. The Hall–Kier alpha value is -1.97. The molecule has 0 aliphatic rings. The maximum absolute atomic E-state index is 5.88. The minimum absolute atomic E-state index is 0.0461. The molecule has 2 N–H and O–H groups in total. The van der Waals surface area contributed by atoms with Crippen LogP contribution in [0.3, 0.4) is 0 Å². The Morgan fingerprint density at radius 1 is 0.900 bits per heavy atom. The highest BCUT2D eigenvalue weighted by molar-refractivity contribution is 7.15. The first-order chi connectivity index (χ1) is 9.74. The molecule has 0 amide bonds. The van der Waals surface area contributed by atoms with Gasteiger partial charge in [0, 0.05) is 22.7 Å². The SMILES string of the molecule is CC(N)c1cnc(-c2ccc(-c3ccccc3)cc2)s1. The molecule has 3 heteroatoms.